The number of esters is 1. The summed E-state index contributed by atoms with van der Waals surface area (Å²) >= 11 is 5.13. The van der Waals surface area contributed by atoms with Crippen LogP contribution in [0.5, 0.6) is 0 Å². The van der Waals surface area contributed by atoms with Gasteiger partial charge in [-0.1, -0.05) is 36.5 Å². The number of carbonyl (C=O) groups is 2. The molecule has 2 aliphatic rings. The molecule has 10 nitrogen and oxygen atoms in total. The van der Waals surface area contributed by atoms with Crippen molar-refractivity contribution in [2.75, 3.05) is 13.2 Å². The van der Waals surface area contributed by atoms with E-state index in [2.05, 4.69) is 32.2 Å². The van der Waals surface area contributed by atoms with E-state index in [9.17, 15) is 29.8 Å². The van der Waals surface area contributed by atoms with Crippen LogP contribution in [-0.4, -0.2) is 39.4 Å². The van der Waals surface area contributed by atoms with Crippen molar-refractivity contribution in [3.05, 3.63) is 127 Å². The second-order valence-corrected chi connectivity index (χ2v) is 11.3. The number of non-ortho nitro benzene ring substituents is 2. The summed E-state index contributed by atoms with van der Waals surface area (Å²) in [5, 5.41) is 28.9. The first-order valence-corrected chi connectivity index (χ1v) is 14.8. The molecule has 2 aromatic carbocycles. The molecule has 0 heterocycles. The number of nitrogens with zero attached hydrogens (tertiary/aromatic N) is 2. The molecule has 0 aliphatic heterocycles. The van der Waals surface area contributed by atoms with Crippen molar-refractivity contribution in [1.82, 2.24) is 0 Å². The average molecular weight is 639 g/mol. The van der Waals surface area contributed by atoms with E-state index < -0.39 is 21.1 Å². The van der Waals surface area contributed by atoms with Crippen LogP contribution in [0.4, 0.5) is 11.4 Å². The lowest BCUT2D eigenvalue weighted by Gasteiger charge is -2.21. The number of hydrogen-bond acceptors (Lipinski definition) is 8. The summed E-state index contributed by atoms with van der Waals surface area (Å²) in [6, 6.07) is 10.5. The third kappa shape index (κ3) is 12.6. The van der Waals surface area contributed by atoms with Gasteiger partial charge in [0.1, 0.15) is 6.61 Å². The van der Waals surface area contributed by atoms with Crippen molar-refractivity contribution in [1.29, 1.82) is 0 Å². The van der Waals surface area contributed by atoms with Gasteiger partial charge in [-0.3, -0.25) is 25.0 Å². The van der Waals surface area contributed by atoms with Crippen LogP contribution in [0.25, 0.3) is 0 Å². The van der Waals surface area contributed by atoms with Crippen LogP contribution in [0.3, 0.4) is 0 Å². The molecule has 0 radical (unpaired) electrons. The molecular formula is C34H39ClN2O8. The molecule has 2 aliphatic carbocycles. The first kappa shape index (κ1) is 36.8. The molecule has 0 amide bonds. The van der Waals surface area contributed by atoms with Crippen molar-refractivity contribution in [2.24, 2.45) is 11.8 Å². The van der Waals surface area contributed by atoms with E-state index in [0.717, 1.165) is 37.7 Å². The predicted molar refractivity (Wildman–Crippen MR) is 174 cm³/mol. The standard InChI is InChI=1S/C17H19NO4.C10H16O.C7H4ClNO3/c1-12(2)14-5-3-13(4-6-14)11-22-17(19)15-7-9-16(10-8-15)18(20)21;1-8(2)10-5-3-9(7-11)4-6-10;8-7(10)5-1-3-6(4-2-5)9(11)12/h3,7-10,14H,1,4-6,11H2,2H3;3,10-11H,1,4-7H2,2H3;1-4H/t14-;10-;/m11./s1. The van der Waals surface area contributed by atoms with E-state index in [1.54, 1.807) is 0 Å². The van der Waals surface area contributed by atoms with E-state index in [4.69, 9.17) is 21.4 Å². The fourth-order valence-corrected chi connectivity index (χ4v) is 4.75. The van der Waals surface area contributed by atoms with Crippen LogP contribution < -0.4 is 0 Å². The second-order valence-electron chi connectivity index (χ2n) is 11.0. The van der Waals surface area contributed by atoms with Crippen molar-refractivity contribution in [3.8, 4) is 0 Å². The predicted octanol–water partition coefficient (Wildman–Crippen LogP) is 8.31. The molecule has 240 valence electrons. The molecule has 0 unspecified atom stereocenters. The van der Waals surface area contributed by atoms with E-state index in [1.807, 2.05) is 6.92 Å². The molecule has 2 atom stereocenters. The van der Waals surface area contributed by atoms with Gasteiger partial charge in [0.05, 0.1) is 22.0 Å². The number of carbonyl (C=O) groups excluding carboxylic acids is 2. The third-order valence-electron chi connectivity index (χ3n) is 7.61. The molecule has 1 N–H and O–H groups in total. The van der Waals surface area contributed by atoms with Crippen molar-refractivity contribution in [2.45, 2.75) is 52.4 Å². The molecule has 0 bridgehead atoms. The average Bonchev–Trinajstić information content (AvgIpc) is 3.04. The lowest BCUT2D eigenvalue weighted by molar-refractivity contribution is -0.385. The van der Waals surface area contributed by atoms with E-state index >= 15 is 0 Å². The minimum Gasteiger partial charge on any atom is -0.458 e. The largest absolute Gasteiger partial charge is 0.458 e. The number of rotatable bonds is 9. The van der Waals surface area contributed by atoms with Crippen LogP contribution in [-0.2, 0) is 4.74 Å². The highest BCUT2D eigenvalue weighted by Crippen LogP contribution is 2.29. The Morgan fingerprint density at radius 2 is 1.24 bits per heavy atom. The maximum absolute atomic E-state index is 11.9. The van der Waals surface area contributed by atoms with Crippen LogP contribution in [0, 0.1) is 32.1 Å². The fourth-order valence-electron chi connectivity index (χ4n) is 4.62. The first-order chi connectivity index (χ1) is 21.3. The summed E-state index contributed by atoms with van der Waals surface area (Å²) in [6.07, 6.45) is 10.5. The normalized spacial score (nSPS) is 17.1. The SMILES string of the molecule is C=C(C)[C@@H]1CC=C(CO)CC1.C=C(C)[C@@H]1CC=C(COC(=O)c2ccc([N+](=O)[O-])cc2)CC1.O=C(Cl)c1ccc([N+](=O)[O-])cc1. The minimum absolute atomic E-state index is 0.0441. The van der Waals surface area contributed by atoms with Gasteiger partial charge in [0.15, 0.2) is 0 Å². The topological polar surface area (TPSA) is 150 Å². The maximum atomic E-state index is 11.9. The Bertz CT molecular complexity index is 1410. The number of ether oxygens (including phenoxy) is 1. The Hall–Kier alpha value is -4.41. The Balaban J connectivity index is 0.000000259. The van der Waals surface area contributed by atoms with Gasteiger partial charge in [-0.2, -0.15) is 0 Å². The van der Waals surface area contributed by atoms with Gasteiger partial charge in [-0.05, 0) is 111 Å². The van der Waals surface area contributed by atoms with Crippen molar-refractivity contribution in [3.63, 3.8) is 0 Å². The van der Waals surface area contributed by atoms with Gasteiger partial charge < -0.3 is 9.84 Å². The van der Waals surface area contributed by atoms with E-state index in [0.29, 0.717) is 17.4 Å². The number of benzene rings is 2. The number of allylic oxidation sites excluding steroid dienone is 4. The molecule has 2 aromatic rings. The zero-order valence-corrected chi connectivity index (χ0v) is 26.3. The Labute approximate surface area is 268 Å². The Morgan fingerprint density at radius 3 is 1.58 bits per heavy atom. The molecule has 45 heavy (non-hydrogen) atoms. The number of nitro benzene ring substituents is 2. The van der Waals surface area contributed by atoms with Gasteiger partial charge in [-0.15, -0.1) is 0 Å². The van der Waals surface area contributed by atoms with Crippen LogP contribution >= 0.6 is 11.6 Å². The quantitative estimate of drug-likeness (QED) is 0.0947. The number of aliphatic hydroxyl groups excluding tert-OH is 1. The smallest absolute Gasteiger partial charge is 0.338 e. The summed E-state index contributed by atoms with van der Waals surface area (Å²) in [7, 11) is 0. The van der Waals surface area contributed by atoms with Crippen LogP contribution in [0.1, 0.15) is 73.1 Å². The minimum atomic E-state index is -0.620. The zero-order chi connectivity index (χ0) is 33.5. The Kier molecular flexibility index (Phi) is 15.0. The molecule has 11 heteroatoms. The van der Waals surface area contributed by atoms with Gasteiger partial charge in [0.2, 0.25) is 0 Å². The number of nitro groups is 2. The van der Waals surface area contributed by atoms with Crippen LogP contribution in [0.15, 0.2) is 96.1 Å². The summed E-state index contributed by atoms with van der Waals surface area (Å²) in [4.78, 5) is 42.1. The summed E-state index contributed by atoms with van der Waals surface area (Å²) in [5.41, 5.74) is 5.25. The number of hydrogen-bond donors (Lipinski definition) is 1. The Morgan fingerprint density at radius 1 is 0.822 bits per heavy atom. The highest BCUT2D eigenvalue weighted by atomic mass is 35.5. The highest BCUT2D eigenvalue weighted by molar-refractivity contribution is 6.67. The molecule has 0 aromatic heterocycles. The van der Waals surface area contributed by atoms with Gasteiger partial charge in [-0.25, -0.2) is 4.79 Å². The maximum Gasteiger partial charge on any atom is 0.338 e. The first-order valence-electron chi connectivity index (χ1n) is 14.5. The van der Waals surface area contributed by atoms with Gasteiger partial charge in [0.25, 0.3) is 16.6 Å². The lowest BCUT2D eigenvalue weighted by Crippen LogP contribution is -2.12. The van der Waals surface area contributed by atoms with Gasteiger partial charge in [0, 0.05) is 29.8 Å². The fraction of sp³-hybridized carbons (Fsp3) is 0.353. The third-order valence-corrected chi connectivity index (χ3v) is 7.83. The van der Waals surface area contributed by atoms with E-state index in [-0.39, 0.29) is 30.2 Å². The summed E-state index contributed by atoms with van der Waals surface area (Å²) in [5.74, 6) is 0.720. The molecule has 0 saturated carbocycles. The second kappa shape index (κ2) is 18.4. The monoisotopic (exact) mass is 638 g/mol. The van der Waals surface area contributed by atoms with Crippen LogP contribution in [0.2, 0.25) is 0 Å². The number of halogens is 1. The van der Waals surface area contributed by atoms with E-state index in [1.165, 1.54) is 71.7 Å². The summed E-state index contributed by atoms with van der Waals surface area (Å²) < 4.78 is 5.26. The van der Waals surface area contributed by atoms with Crippen molar-refractivity contribution >= 4 is 34.2 Å². The van der Waals surface area contributed by atoms with Gasteiger partial charge >= 0.3 is 5.97 Å². The number of aliphatic hydroxyl groups is 1. The molecule has 0 fully saturated rings. The molecular weight excluding hydrogens is 600 g/mol. The zero-order valence-electron chi connectivity index (χ0n) is 25.6. The molecule has 0 saturated heterocycles. The molecule has 0 spiro atoms. The summed E-state index contributed by atoms with van der Waals surface area (Å²) in [6.45, 7) is 12.6. The van der Waals surface area contributed by atoms with Crippen molar-refractivity contribution < 1.29 is 29.3 Å². The molecule has 4 rings (SSSR count). The lowest BCUT2D eigenvalue weighted by atomic mass is 9.86. The highest BCUT2D eigenvalue weighted by Gasteiger charge is 2.17.